The number of rotatable bonds is 6. The van der Waals surface area contributed by atoms with E-state index in [1.165, 1.54) is 22.2 Å². The summed E-state index contributed by atoms with van der Waals surface area (Å²) in [4.78, 5) is 38.2. The normalized spacial score (nSPS) is 16.8. The van der Waals surface area contributed by atoms with Crippen molar-refractivity contribution in [2.24, 2.45) is 0 Å². The number of fused-ring (bicyclic) bond motifs is 1. The molecular weight excluding hydrogens is 352 g/mol. The van der Waals surface area contributed by atoms with Gasteiger partial charge in [-0.1, -0.05) is 25.2 Å². The predicted molar refractivity (Wildman–Crippen MR) is 104 cm³/mol. The van der Waals surface area contributed by atoms with Gasteiger partial charge in [0.05, 0.1) is 0 Å². The molecule has 3 heterocycles. The van der Waals surface area contributed by atoms with Crippen LogP contribution < -0.4 is 15.8 Å². The van der Waals surface area contributed by atoms with Crippen molar-refractivity contribution in [1.82, 2.24) is 24.8 Å². The summed E-state index contributed by atoms with van der Waals surface area (Å²) in [6, 6.07) is 0.0895. The van der Waals surface area contributed by atoms with Crippen LogP contribution in [-0.2, 0) is 11.3 Å². The van der Waals surface area contributed by atoms with Crippen molar-refractivity contribution in [3.8, 4) is 0 Å². The number of carbonyl (C=O) groups excluding carboxylic acids is 1. The van der Waals surface area contributed by atoms with E-state index in [1.54, 1.807) is 0 Å². The van der Waals surface area contributed by atoms with Crippen molar-refractivity contribution in [3.63, 3.8) is 0 Å². The third-order valence-electron chi connectivity index (χ3n) is 4.80. The minimum atomic E-state index is -0.203. The van der Waals surface area contributed by atoms with E-state index < -0.39 is 0 Å². The fourth-order valence-corrected chi connectivity index (χ4v) is 3.94. The van der Waals surface area contributed by atoms with Crippen LogP contribution in [0.1, 0.15) is 27.2 Å². The van der Waals surface area contributed by atoms with E-state index in [-0.39, 0.29) is 24.1 Å². The standard InChI is InChI=1S/C17H26N6O2S/c1-4-12(3)19-13(24)10-23-11-18-15-14(16(23)25)26-17(20-15)22-8-6-21(5-2)7-9-22/h11-12H,4-10H2,1-3H3,(H,19,24)/t12-/m1/s1. The molecule has 8 nitrogen and oxygen atoms in total. The van der Waals surface area contributed by atoms with Gasteiger partial charge in [-0.25, -0.2) is 4.98 Å². The zero-order chi connectivity index (χ0) is 18.7. The quantitative estimate of drug-likeness (QED) is 0.804. The molecule has 1 atom stereocenters. The van der Waals surface area contributed by atoms with E-state index in [1.807, 2.05) is 13.8 Å². The number of nitrogens with zero attached hydrogens (tertiary/aromatic N) is 5. The summed E-state index contributed by atoms with van der Waals surface area (Å²) in [5, 5.41) is 3.70. The number of nitrogens with one attached hydrogen (secondary N) is 1. The highest BCUT2D eigenvalue weighted by molar-refractivity contribution is 7.22. The fourth-order valence-electron chi connectivity index (χ4n) is 2.92. The monoisotopic (exact) mass is 378 g/mol. The molecule has 0 unspecified atom stereocenters. The summed E-state index contributed by atoms with van der Waals surface area (Å²) in [5.74, 6) is -0.178. The molecule has 9 heteroatoms. The van der Waals surface area contributed by atoms with Crippen molar-refractivity contribution in [1.29, 1.82) is 0 Å². The van der Waals surface area contributed by atoms with Crippen molar-refractivity contribution in [2.45, 2.75) is 39.8 Å². The number of anilines is 1. The second kappa shape index (κ2) is 8.13. The van der Waals surface area contributed by atoms with Crippen LogP contribution in [0.25, 0.3) is 10.3 Å². The molecule has 142 valence electrons. The first-order valence-corrected chi connectivity index (χ1v) is 9.96. The lowest BCUT2D eigenvalue weighted by atomic mass is 10.2. The van der Waals surface area contributed by atoms with Crippen LogP contribution in [0.5, 0.6) is 0 Å². The Morgan fingerprint density at radius 1 is 1.31 bits per heavy atom. The Labute approximate surface area is 156 Å². The lowest BCUT2D eigenvalue weighted by Gasteiger charge is -2.33. The maximum absolute atomic E-state index is 12.7. The first-order valence-electron chi connectivity index (χ1n) is 9.14. The molecule has 0 saturated carbocycles. The van der Waals surface area contributed by atoms with Gasteiger partial charge in [0.15, 0.2) is 10.8 Å². The molecule has 1 amide bonds. The van der Waals surface area contributed by atoms with Gasteiger partial charge >= 0.3 is 0 Å². The van der Waals surface area contributed by atoms with E-state index in [4.69, 9.17) is 0 Å². The Morgan fingerprint density at radius 2 is 2.04 bits per heavy atom. The third-order valence-corrected chi connectivity index (χ3v) is 5.89. The molecule has 3 rings (SSSR count). The van der Waals surface area contributed by atoms with Gasteiger partial charge in [0.25, 0.3) is 5.56 Å². The van der Waals surface area contributed by atoms with Gasteiger partial charge in [-0.15, -0.1) is 0 Å². The molecule has 0 bridgehead atoms. The van der Waals surface area contributed by atoms with Gasteiger partial charge in [0.2, 0.25) is 5.91 Å². The molecule has 0 aliphatic carbocycles. The minimum absolute atomic E-state index is 0.0193. The lowest BCUT2D eigenvalue weighted by molar-refractivity contribution is -0.122. The zero-order valence-corrected chi connectivity index (χ0v) is 16.4. The number of thiazole rings is 1. The first-order chi connectivity index (χ1) is 12.5. The Bertz CT molecular complexity index is 824. The summed E-state index contributed by atoms with van der Waals surface area (Å²) >= 11 is 1.37. The molecule has 2 aromatic rings. The number of carbonyl (C=O) groups is 1. The van der Waals surface area contributed by atoms with E-state index >= 15 is 0 Å². The van der Waals surface area contributed by atoms with Crippen LogP contribution in [0.3, 0.4) is 0 Å². The summed E-state index contributed by atoms with van der Waals surface area (Å²) < 4.78 is 1.87. The summed E-state index contributed by atoms with van der Waals surface area (Å²) in [6.45, 7) is 10.9. The van der Waals surface area contributed by atoms with Crippen LogP contribution in [0, 0.1) is 0 Å². The number of likely N-dealkylation sites (N-methyl/N-ethyl adjacent to an activating group) is 1. The van der Waals surface area contributed by atoms with E-state index in [0.717, 1.165) is 44.3 Å². The molecule has 1 N–H and O–H groups in total. The van der Waals surface area contributed by atoms with Gasteiger partial charge in [-0.3, -0.25) is 14.2 Å². The van der Waals surface area contributed by atoms with Crippen molar-refractivity contribution in [2.75, 3.05) is 37.6 Å². The number of piperazine rings is 1. The van der Waals surface area contributed by atoms with Gasteiger partial charge in [0.1, 0.15) is 17.6 Å². The van der Waals surface area contributed by atoms with Gasteiger partial charge in [-0.05, 0) is 19.9 Å². The molecule has 0 radical (unpaired) electrons. The molecule has 1 fully saturated rings. The summed E-state index contributed by atoms with van der Waals surface area (Å²) in [6.07, 6.45) is 2.26. The van der Waals surface area contributed by atoms with Crippen LogP contribution in [0.2, 0.25) is 0 Å². The second-order valence-electron chi connectivity index (χ2n) is 6.62. The minimum Gasteiger partial charge on any atom is -0.352 e. The Kier molecular flexibility index (Phi) is 5.87. The SMILES string of the molecule is CC[C@@H](C)NC(=O)Cn1cnc2nc(N3CCN(CC)CC3)sc2c1=O. The van der Waals surface area contributed by atoms with Crippen LogP contribution in [0.4, 0.5) is 5.13 Å². The fraction of sp³-hybridized carbons (Fsp3) is 0.647. The molecule has 0 spiro atoms. The molecule has 26 heavy (non-hydrogen) atoms. The third kappa shape index (κ3) is 4.04. The number of aromatic nitrogens is 3. The van der Waals surface area contributed by atoms with Crippen LogP contribution in [0.15, 0.2) is 11.1 Å². The molecule has 1 saturated heterocycles. The Balaban J connectivity index is 1.77. The van der Waals surface area contributed by atoms with Crippen LogP contribution >= 0.6 is 11.3 Å². The van der Waals surface area contributed by atoms with Gasteiger partial charge in [0, 0.05) is 32.2 Å². The highest BCUT2D eigenvalue weighted by Crippen LogP contribution is 2.26. The average molecular weight is 379 g/mol. The zero-order valence-electron chi connectivity index (χ0n) is 15.6. The average Bonchev–Trinajstić information content (AvgIpc) is 3.09. The van der Waals surface area contributed by atoms with E-state index in [9.17, 15) is 9.59 Å². The summed E-state index contributed by atoms with van der Waals surface area (Å²) in [5.41, 5.74) is 0.261. The van der Waals surface area contributed by atoms with Gasteiger partial charge in [-0.2, -0.15) is 4.98 Å². The first kappa shape index (κ1) is 18.8. The van der Waals surface area contributed by atoms with Gasteiger partial charge < -0.3 is 15.1 Å². The van der Waals surface area contributed by atoms with Crippen molar-refractivity contribution in [3.05, 3.63) is 16.7 Å². The molecule has 1 aliphatic rings. The topological polar surface area (TPSA) is 83.4 Å². The number of hydrogen-bond acceptors (Lipinski definition) is 7. The van der Waals surface area contributed by atoms with E-state index in [2.05, 4.69) is 32.0 Å². The molecule has 2 aromatic heterocycles. The maximum atomic E-state index is 12.7. The number of amides is 1. The summed E-state index contributed by atoms with van der Waals surface area (Å²) in [7, 11) is 0. The second-order valence-corrected chi connectivity index (χ2v) is 7.60. The Morgan fingerprint density at radius 3 is 2.69 bits per heavy atom. The van der Waals surface area contributed by atoms with Crippen molar-refractivity contribution < 1.29 is 4.79 Å². The lowest BCUT2D eigenvalue weighted by Crippen LogP contribution is -2.46. The highest BCUT2D eigenvalue weighted by Gasteiger charge is 2.20. The Hall–Kier alpha value is -2.00. The molecule has 1 aliphatic heterocycles. The molecular formula is C17H26N6O2S. The van der Waals surface area contributed by atoms with Crippen LogP contribution in [-0.4, -0.2) is 64.1 Å². The largest absolute Gasteiger partial charge is 0.352 e. The van der Waals surface area contributed by atoms with E-state index in [0.29, 0.717) is 10.3 Å². The smallest absolute Gasteiger partial charge is 0.273 e. The molecule has 0 aromatic carbocycles. The highest BCUT2D eigenvalue weighted by atomic mass is 32.1. The predicted octanol–water partition coefficient (Wildman–Crippen LogP) is 0.910. The number of hydrogen-bond donors (Lipinski definition) is 1. The van der Waals surface area contributed by atoms with Crippen molar-refractivity contribution >= 4 is 32.7 Å². The maximum Gasteiger partial charge on any atom is 0.273 e.